The highest BCUT2D eigenvalue weighted by Crippen LogP contribution is 2.23. The van der Waals surface area contributed by atoms with Gasteiger partial charge >= 0.3 is 0 Å². The molecule has 0 saturated heterocycles. The predicted molar refractivity (Wildman–Crippen MR) is 86.4 cm³/mol. The normalized spacial score (nSPS) is 12.0. The number of nitrogens with zero attached hydrogens (tertiary/aromatic N) is 1. The highest BCUT2D eigenvalue weighted by atomic mass is 35.5. The van der Waals surface area contributed by atoms with Gasteiger partial charge in [-0.3, -0.25) is 4.90 Å². The number of hydrogen-bond donors (Lipinski definition) is 1. The quantitative estimate of drug-likeness (QED) is 0.904. The van der Waals surface area contributed by atoms with E-state index in [4.69, 9.17) is 11.6 Å². The van der Waals surface area contributed by atoms with E-state index in [1.165, 1.54) is 5.56 Å². The maximum atomic E-state index is 10.2. The number of aliphatic hydroxyl groups excluding tert-OH is 1. The second kappa shape index (κ2) is 8.28. The molecule has 0 bridgehead atoms. The highest BCUT2D eigenvalue weighted by Gasteiger charge is 2.13. The summed E-state index contributed by atoms with van der Waals surface area (Å²) in [5, 5.41) is 10.8. The molecule has 2 aromatic carbocycles. The molecule has 1 N–H and O–H groups in total. The van der Waals surface area contributed by atoms with Crippen molar-refractivity contribution in [1.29, 1.82) is 0 Å². The Hall–Kier alpha value is -1.06. The Morgan fingerprint density at radius 2 is 1.65 bits per heavy atom. The van der Waals surface area contributed by atoms with Gasteiger partial charge in [0.2, 0.25) is 0 Å². The molecular weight excluding hydrogens is 293 g/mol. The van der Waals surface area contributed by atoms with Crippen LogP contribution in [-0.4, -0.2) is 23.6 Å². The van der Waals surface area contributed by atoms with Crippen LogP contribution in [0.15, 0.2) is 54.6 Å². The molecule has 0 saturated carbocycles. The van der Waals surface area contributed by atoms with Crippen molar-refractivity contribution in [2.24, 2.45) is 0 Å². The predicted octanol–water partition coefficient (Wildman–Crippen LogP) is 3.93. The van der Waals surface area contributed by atoms with Crippen LogP contribution in [0.4, 0.5) is 0 Å². The molecule has 2 rings (SSSR count). The Morgan fingerprint density at radius 3 is 2.30 bits per heavy atom. The van der Waals surface area contributed by atoms with Crippen molar-refractivity contribution in [3.63, 3.8) is 0 Å². The second-order valence-electron chi connectivity index (χ2n) is 4.72. The zero-order chi connectivity index (χ0) is 13.7. The fourth-order valence-electron chi connectivity index (χ4n) is 2.10. The first-order valence-corrected chi connectivity index (χ1v) is 6.69. The first-order chi connectivity index (χ1) is 9.16. The van der Waals surface area contributed by atoms with Crippen LogP contribution in [0, 0.1) is 0 Å². The number of aliphatic hydroxyl groups is 1. The monoisotopic (exact) mass is 311 g/mol. The average molecular weight is 312 g/mol. The number of rotatable bonds is 5. The summed E-state index contributed by atoms with van der Waals surface area (Å²) >= 11 is 6.08. The molecule has 0 fully saturated rings. The molecule has 1 unspecified atom stereocenters. The summed E-state index contributed by atoms with van der Waals surface area (Å²) < 4.78 is 0. The third-order valence-corrected chi connectivity index (χ3v) is 3.39. The van der Waals surface area contributed by atoms with Crippen molar-refractivity contribution in [3.05, 3.63) is 70.7 Å². The van der Waals surface area contributed by atoms with Crippen molar-refractivity contribution in [2.75, 3.05) is 13.6 Å². The molecule has 0 aromatic heterocycles. The molecule has 108 valence electrons. The summed E-state index contributed by atoms with van der Waals surface area (Å²) in [4.78, 5) is 2.09. The van der Waals surface area contributed by atoms with Gasteiger partial charge in [-0.25, -0.2) is 0 Å². The summed E-state index contributed by atoms with van der Waals surface area (Å²) in [7, 11) is 1.99. The van der Waals surface area contributed by atoms with Gasteiger partial charge in [0.05, 0.1) is 6.10 Å². The average Bonchev–Trinajstić information content (AvgIpc) is 2.40. The lowest BCUT2D eigenvalue weighted by Gasteiger charge is -2.21. The Bertz CT molecular complexity index is 519. The van der Waals surface area contributed by atoms with Crippen LogP contribution in [0.25, 0.3) is 0 Å². The molecule has 0 aliphatic rings. The lowest BCUT2D eigenvalue weighted by atomic mass is 10.1. The van der Waals surface area contributed by atoms with Gasteiger partial charge in [0.25, 0.3) is 0 Å². The van der Waals surface area contributed by atoms with E-state index in [1.54, 1.807) is 6.07 Å². The number of benzene rings is 2. The maximum Gasteiger partial charge on any atom is 0.0931 e. The lowest BCUT2D eigenvalue weighted by Crippen LogP contribution is -2.24. The summed E-state index contributed by atoms with van der Waals surface area (Å²) in [5.74, 6) is 0. The zero-order valence-electron chi connectivity index (χ0n) is 11.4. The third-order valence-electron chi connectivity index (χ3n) is 3.04. The largest absolute Gasteiger partial charge is 0.387 e. The SMILES string of the molecule is CN(Cc1ccccc1)CC(O)c1ccccc1Cl.Cl. The smallest absolute Gasteiger partial charge is 0.0931 e. The van der Waals surface area contributed by atoms with E-state index in [2.05, 4.69) is 17.0 Å². The van der Waals surface area contributed by atoms with Gasteiger partial charge in [0.1, 0.15) is 0 Å². The van der Waals surface area contributed by atoms with Crippen molar-refractivity contribution in [1.82, 2.24) is 4.90 Å². The Labute approximate surface area is 131 Å². The molecule has 2 aromatic rings. The standard InChI is InChI=1S/C16H18ClNO.ClH/c1-18(11-13-7-3-2-4-8-13)12-16(19)14-9-5-6-10-15(14)17;/h2-10,16,19H,11-12H2,1H3;1H. The zero-order valence-corrected chi connectivity index (χ0v) is 12.9. The molecule has 0 aliphatic heterocycles. The third kappa shape index (κ3) is 4.80. The molecule has 4 heteroatoms. The van der Waals surface area contributed by atoms with Crippen LogP contribution >= 0.6 is 24.0 Å². The molecule has 0 aliphatic carbocycles. The summed E-state index contributed by atoms with van der Waals surface area (Å²) in [5.41, 5.74) is 2.01. The molecular formula is C16H19Cl2NO. The molecule has 1 atom stereocenters. The molecule has 20 heavy (non-hydrogen) atoms. The number of hydrogen-bond acceptors (Lipinski definition) is 2. The summed E-state index contributed by atoms with van der Waals surface area (Å²) in [6.45, 7) is 1.36. The number of halogens is 2. The Morgan fingerprint density at radius 1 is 1.05 bits per heavy atom. The van der Waals surface area contributed by atoms with Crippen LogP contribution in [0.2, 0.25) is 5.02 Å². The Balaban J connectivity index is 0.00000200. The van der Waals surface area contributed by atoms with E-state index in [0.29, 0.717) is 11.6 Å². The topological polar surface area (TPSA) is 23.5 Å². The van der Waals surface area contributed by atoms with Gasteiger partial charge in [-0.15, -0.1) is 12.4 Å². The van der Waals surface area contributed by atoms with E-state index in [9.17, 15) is 5.11 Å². The molecule has 0 spiro atoms. The van der Waals surface area contributed by atoms with E-state index >= 15 is 0 Å². The molecule has 0 heterocycles. The van der Waals surface area contributed by atoms with Gasteiger partial charge in [-0.2, -0.15) is 0 Å². The van der Waals surface area contributed by atoms with Gasteiger partial charge in [0.15, 0.2) is 0 Å². The van der Waals surface area contributed by atoms with Crippen LogP contribution in [0.3, 0.4) is 0 Å². The van der Waals surface area contributed by atoms with Crippen LogP contribution in [0.5, 0.6) is 0 Å². The lowest BCUT2D eigenvalue weighted by molar-refractivity contribution is 0.124. The number of likely N-dealkylation sites (N-methyl/N-ethyl adjacent to an activating group) is 1. The first-order valence-electron chi connectivity index (χ1n) is 6.32. The van der Waals surface area contributed by atoms with Crippen LogP contribution in [0.1, 0.15) is 17.2 Å². The van der Waals surface area contributed by atoms with E-state index in [1.807, 2.05) is 43.4 Å². The highest BCUT2D eigenvalue weighted by molar-refractivity contribution is 6.31. The van der Waals surface area contributed by atoms with E-state index in [0.717, 1.165) is 12.1 Å². The fourth-order valence-corrected chi connectivity index (χ4v) is 2.36. The van der Waals surface area contributed by atoms with E-state index in [-0.39, 0.29) is 12.4 Å². The van der Waals surface area contributed by atoms with Gasteiger partial charge < -0.3 is 5.11 Å². The van der Waals surface area contributed by atoms with Gasteiger partial charge in [-0.05, 0) is 18.7 Å². The van der Waals surface area contributed by atoms with Crippen molar-refractivity contribution < 1.29 is 5.11 Å². The first kappa shape index (κ1) is 17.0. The maximum absolute atomic E-state index is 10.2. The molecule has 2 nitrogen and oxygen atoms in total. The summed E-state index contributed by atoms with van der Waals surface area (Å²) in [6.07, 6.45) is -0.567. The van der Waals surface area contributed by atoms with Crippen molar-refractivity contribution in [3.8, 4) is 0 Å². The van der Waals surface area contributed by atoms with Crippen molar-refractivity contribution in [2.45, 2.75) is 12.6 Å². The second-order valence-corrected chi connectivity index (χ2v) is 5.13. The fraction of sp³-hybridized carbons (Fsp3) is 0.250. The van der Waals surface area contributed by atoms with Crippen molar-refractivity contribution >= 4 is 24.0 Å². The van der Waals surface area contributed by atoms with Crippen LogP contribution in [-0.2, 0) is 6.54 Å². The van der Waals surface area contributed by atoms with E-state index < -0.39 is 6.10 Å². The van der Waals surface area contributed by atoms with Crippen LogP contribution < -0.4 is 0 Å². The minimum absolute atomic E-state index is 0. The Kier molecular flexibility index (Phi) is 7.03. The molecule has 0 amide bonds. The molecule has 0 radical (unpaired) electrons. The minimum atomic E-state index is -0.567. The summed E-state index contributed by atoms with van der Waals surface area (Å²) in [6, 6.07) is 17.6. The minimum Gasteiger partial charge on any atom is -0.387 e. The van der Waals surface area contributed by atoms with Gasteiger partial charge in [0, 0.05) is 23.7 Å². The van der Waals surface area contributed by atoms with Gasteiger partial charge in [-0.1, -0.05) is 60.1 Å².